The van der Waals surface area contributed by atoms with Crippen molar-refractivity contribution in [1.82, 2.24) is 9.88 Å². The van der Waals surface area contributed by atoms with Crippen molar-refractivity contribution in [3.05, 3.63) is 54.4 Å². The maximum absolute atomic E-state index is 12.2. The Kier molecular flexibility index (Phi) is 10.4. The normalized spacial score (nSPS) is 11.1. The third-order valence-electron chi connectivity index (χ3n) is 4.50. The first-order valence-corrected chi connectivity index (χ1v) is 10.6. The highest BCUT2D eigenvalue weighted by Crippen LogP contribution is 2.30. The van der Waals surface area contributed by atoms with Crippen LogP contribution in [-0.4, -0.2) is 49.1 Å². The van der Waals surface area contributed by atoms with E-state index in [2.05, 4.69) is 29.0 Å². The van der Waals surface area contributed by atoms with Crippen LogP contribution in [0.5, 0.6) is 11.5 Å². The SMILES string of the molecule is CCCN(CCC)CCCOc1cc(NC(=O)C=Cc2cccnc2)ccc1OC. The highest BCUT2D eigenvalue weighted by Gasteiger charge is 2.08. The smallest absolute Gasteiger partial charge is 0.248 e. The number of amides is 1. The fourth-order valence-electron chi connectivity index (χ4n) is 3.14. The zero-order chi connectivity index (χ0) is 21.6. The molecule has 2 rings (SSSR count). The number of pyridine rings is 1. The van der Waals surface area contributed by atoms with Crippen LogP contribution in [0, 0.1) is 0 Å². The Labute approximate surface area is 179 Å². The summed E-state index contributed by atoms with van der Waals surface area (Å²) in [5.74, 6) is 1.06. The van der Waals surface area contributed by atoms with Gasteiger partial charge in [0.05, 0.1) is 13.7 Å². The van der Waals surface area contributed by atoms with Crippen LogP contribution in [-0.2, 0) is 4.79 Å². The minimum Gasteiger partial charge on any atom is -0.493 e. The van der Waals surface area contributed by atoms with Gasteiger partial charge in [0.25, 0.3) is 0 Å². The molecule has 0 bridgehead atoms. The molecule has 1 heterocycles. The number of rotatable bonds is 13. The summed E-state index contributed by atoms with van der Waals surface area (Å²) in [5, 5.41) is 2.86. The van der Waals surface area contributed by atoms with Crippen molar-refractivity contribution in [2.45, 2.75) is 33.1 Å². The average Bonchev–Trinajstić information content (AvgIpc) is 2.76. The molecule has 0 aliphatic heterocycles. The van der Waals surface area contributed by atoms with E-state index in [1.54, 1.807) is 43.8 Å². The van der Waals surface area contributed by atoms with E-state index in [-0.39, 0.29) is 5.91 Å². The first-order valence-electron chi connectivity index (χ1n) is 10.6. The molecule has 0 unspecified atom stereocenters. The van der Waals surface area contributed by atoms with Crippen molar-refractivity contribution in [1.29, 1.82) is 0 Å². The Balaban J connectivity index is 1.90. The largest absolute Gasteiger partial charge is 0.493 e. The molecule has 2 aromatic rings. The van der Waals surface area contributed by atoms with E-state index in [0.717, 1.165) is 44.5 Å². The van der Waals surface area contributed by atoms with Crippen molar-refractivity contribution in [3.8, 4) is 11.5 Å². The number of carbonyl (C=O) groups excluding carboxylic acids is 1. The fraction of sp³-hybridized carbons (Fsp3) is 0.417. The summed E-state index contributed by atoms with van der Waals surface area (Å²) in [7, 11) is 1.61. The van der Waals surface area contributed by atoms with E-state index in [9.17, 15) is 4.79 Å². The molecule has 1 aromatic heterocycles. The number of nitrogens with zero attached hydrogens (tertiary/aromatic N) is 2. The first-order chi connectivity index (χ1) is 14.7. The van der Waals surface area contributed by atoms with Crippen molar-refractivity contribution in [2.24, 2.45) is 0 Å². The molecule has 30 heavy (non-hydrogen) atoms. The molecule has 0 aliphatic rings. The second-order valence-corrected chi connectivity index (χ2v) is 7.02. The number of nitrogens with one attached hydrogen (secondary N) is 1. The lowest BCUT2D eigenvalue weighted by Gasteiger charge is -2.21. The van der Waals surface area contributed by atoms with Gasteiger partial charge in [-0.1, -0.05) is 19.9 Å². The highest BCUT2D eigenvalue weighted by molar-refractivity contribution is 6.02. The lowest BCUT2D eigenvalue weighted by molar-refractivity contribution is -0.111. The molecule has 0 aliphatic carbocycles. The average molecular weight is 412 g/mol. The standard InChI is InChI=1S/C24H33N3O3/c1-4-14-27(15-5-2)16-7-17-30-23-18-21(10-11-22(23)29-3)26-24(28)12-9-20-8-6-13-25-19-20/h6,8-13,18-19H,4-5,7,14-17H2,1-3H3,(H,26,28). The van der Waals surface area contributed by atoms with Gasteiger partial charge in [-0.2, -0.15) is 0 Å². The van der Waals surface area contributed by atoms with Crippen LogP contribution in [0.15, 0.2) is 48.8 Å². The number of anilines is 1. The minimum absolute atomic E-state index is 0.218. The fourth-order valence-corrected chi connectivity index (χ4v) is 3.14. The molecule has 0 atom stereocenters. The van der Waals surface area contributed by atoms with Crippen molar-refractivity contribution in [3.63, 3.8) is 0 Å². The van der Waals surface area contributed by atoms with Gasteiger partial charge in [0.1, 0.15) is 0 Å². The van der Waals surface area contributed by atoms with E-state index in [0.29, 0.717) is 23.8 Å². The Hall–Kier alpha value is -2.86. The summed E-state index contributed by atoms with van der Waals surface area (Å²) in [6.45, 7) is 8.25. The number of ether oxygens (including phenoxy) is 2. The number of methoxy groups -OCH3 is 1. The topological polar surface area (TPSA) is 63.7 Å². The molecule has 1 amide bonds. The summed E-state index contributed by atoms with van der Waals surface area (Å²) < 4.78 is 11.4. The monoisotopic (exact) mass is 411 g/mol. The van der Waals surface area contributed by atoms with Crippen LogP contribution in [0.4, 0.5) is 5.69 Å². The number of benzene rings is 1. The van der Waals surface area contributed by atoms with Crippen LogP contribution >= 0.6 is 0 Å². The Morgan fingerprint density at radius 1 is 1.13 bits per heavy atom. The second-order valence-electron chi connectivity index (χ2n) is 7.02. The predicted molar refractivity (Wildman–Crippen MR) is 122 cm³/mol. The van der Waals surface area contributed by atoms with Crippen LogP contribution < -0.4 is 14.8 Å². The third kappa shape index (κ3) is 8.25. The molecule has 0 saturated carbocycles. The molecule has 1 N–H and O–H groups in total. The lowest BCUT2D eigenvalue weighted by atomic mass is 10.2. The van der Waals surface area contributed by atoms with Gasteiger partial charge in [0, 0.05) is 36.8 Å². The Bertz CT molecular complexity index is 788. The summed E-state index contributed by atoms with van der Waals surface area (Å²) in [5.41, 5.74) is 1.52. The first kappa shape index (κ1) is 23.4. The predicted octanol–water partition coefficient (Wildman–Crippen LogP) is 4.63. The quantitative estimate of drug-likeness (QED) is 0.384. The van der Waals surface area contributed by atoms with Crippen molar-refractivity contribution in [2.75, 3.05) is 38.7 Å². The zero-order valence-corrected chi connectivity index (χ0v) is 18.3. The van der Waals surface area contributed by atoms with Gasteiger partial charge >= 0.3 is 0 Å². The van der Waals surface area contributed by atoms with E-state index >= 15 is 0 Å². The number of aromatic nitrogens is 1. The molecule has 6 nitrogen and oxygen atoms in total. The van der Waals surface area contributed by atoms with E-state index in [1.807, 2.05) is 12.1 Å². The van der Waals surface area contributed by atoms with Crippen LogP contribution in [0.3, 0.4) is 0 Å². The molecule has 0 saturated heterocycles. The van der Waals surface area contributed by atoms with Crippen molar-refractivity contribution < 1.29 is 14.3 Å². The summed E-state index contributed by atoms with van der Waals surface area (Å²) in [6, 6.07) is 9.11. The minimum atomic E-state index is -0.218. The van der Waals surface area contributed by atoms with Crippen LogP contribution in [0.1, 0.15) is 38.7 Å². The van der Waals surface area contributed by atoms with E-state index in [1.165, 1.54) is 6.08 Å². The molecule has 6 heteroatoms. The lowest BCUT2D eigenvalue weighted by Crippen LogP contribution is -2.27. The number of hydrogen-bond donors (Lipinski definition) is 1. The van der Waals surface area contributed by atoms with Crippen LogP contribution in [0.2, 0.25) is 0 Å². The van der Waals surface area contributed by atoms with Gasteiger partial charge in [-0.3, -0.25) is 9.78 Å². The van der Waals surface area contributed by atoms with Gasteiger partial charge in [-0.25, -0.2) is 0 Å². The molecule has 162 valence electrons. The maximum atomic E-state index is 12.2. The third-order valence-corrected chi connectivity index (χ3v) is 4.50. The molecule has 1 aromatic carbocycles. The van der Waals surface area contributed by atoms with Crippen molar-refractivity contribution >= 4 is 17.7 Å². The molecular formula is C24H33N3O3. The van der Waals surface area contributed by atoms with Gasteiger partial charge in [-0.05, 0) is 62.2 Å². The molecule has 0 radical (unpaired) electrons. The summed E-state index contributed by atoms with van der Waals surface area (Å²) in [6.07, 6.45) is 9.86. The highest BCUT2D eigenvalue weighted by atomic mass is 16.5. The molecule has 0 spiro atoms. The summed E-state index contributed by atoms with van der Waals surface area (Å²) >= 11 is 0. The Morgan fingerprint density at radius 3 is 2.60 bits per heavy atom. The molecule has 0 fully saturated rings. The summed E-state index contributed by atoms with van der Waals surface area (Å²) in [4.78, 5) is 18.7. The zero-order valence-electron chi connectivity index (χ0n) is 18.3. The van der Waals surface area contributed by atoms with E-state index < -0.39 is 0 Å². The van der Waals surface area contributed by atoms with Gasteiger partial charge < -0.3 is 19.7 Å². The molecular weight excluding hydrogens is 378 g/mol. The Morgan fingerprint density at radius 2 is 1.93 bits per heavy atom. The second kappa shape index (κ2) is 13.4. The van der Waals surface area contributed by atoms with Gasteiger partial charge in [-0.15, -0.1) is 0 Å². The number of carbonyl (C=O) groups is 1. The maximum Gasteiger partial charge on any atom is 0.248 e. The van der Waals surface area contributed by atoms with Gasteiger partial charge in [0.2, 0.25) is 5.91 Å². The van der Waals surface area contributed by atoms with Gasteiger partial charge in [0.15, 0.2) is 11.5 Å². The number of hydrogen-bond acceptors (Lipinski definition) is 5. The van der Waals surface area contributed by atoms with E-state index in [4.69, 9.17) is 9.47 Å². The van der Waals surface area contributed by atoms with Crippen LogP contribution in [0.25, 0.3) is 6.08 Å².